The number of carbonyl (C=O) groups excluding carboxylic acids is 1. The van der Waals surface area contributed by atoms with Gasteiger partial charge in [0.05, 0.1) is 34.7 Å². The number of hydrogen-bond donors (Lipinski definition) is 0. The third-order valence-electron chi connectivity index (χ3n) is 6.67. The Kier molecular flexibility index (Phi) is 11.6. The normalized spacial score (nSPS) is 12.2. The number of nitrogens with zero attached hydrogens (tertiary/aromatic N) is 4. The second-order valence-corrected chi connectivity index (χ2v) is 11.7. The average Bonchev–Trinajstić information content (AvgIpc) is 3.29. The van der Waals surface area contributed by atoms with E-state index in [2.05, 4.69) is 6.07 Å². The molecule has 1 atom stereocenters. The van der Waals surface area contributed by atoms with Crippen molar-refractivity contribution in [3.63, 3.8) is 0 Å². The molecular weight excluding hydrogens is 560 g/mol. The van der Waals surface area contributed by atoms with Crippen molar-refractivity contribution >= 4 is 16.2 Å². The fourth-order valence-electron chi connectivity index (χ4n) is 4.08. The number of rotatable bonds is 10. The number of aryl methyl sites for hydroxylation is 2. The molecule has 12 heteroatoms. The molecule has 41 heavy (non-hydrogen) atoms. The maximum absolute atomic E-state index is 12.7. The predicted octanol–water partition coefficient (Wildman–Crippen LogP) is 5.98. The SMILES string of the molecule is CCc1ccc(F)c(C(F)(F)F)c1.CCc1nc(C(C)N(C=O)CCS(=O)(=O)CC)n(-c2ccc(C#N)cc2)c1C. The lowest BCUT2D eigenvalue weighted by molar-refractivity contribution is -0.140. The summed E-state index contributed by atoms with van der Waals surface area (Å²) in [5.41, 5.74) is 2.57. The topological polar surface area (TPSA) is 96.1 Å². The quantitative estimate of drug-likeness (QED) is 0.213. The summed E-state index contributed by atoms with van der Waals surface area (Å²) in [5.74, 6) is -0.582. The van der Waals surface area contributed by atoms with Gasteiger partial charge in [0.25, 0.3) is 0 Å². The van der Waals surface area contributed by atoms with Crippen molar-refractivity contribution in [3.8, 4) is 11.8 Å². The molecule has 3 rings (SSSR count). The second kappa shape index (κ2) is 14.3. The summed E-state index contributed by atoms with van der Waals surface area (Å²) in [5, 5.41) is 9.02. The van der Waals surface area contributed by atoms with E-state index in [0.717, 1.165) is 35.6 Å². The van der Waals surface area contributed by atoms with Crippen molar-refractivity contribution in [2.24, 2.45) is 0 Å². The Balaban J connectivity index is 0.000000377. The fourth-order valence-corrected chi connectivity index (χ4v) is 4.86. The smallest absolute Gasteiger partial charge is 0.334 e. The maximum Gasteiger partial charge on any atom is 0.419 e. The van der Waals surface area contributed by atoms with E-state index in [0.29, 0.717) is 29.8 Å². The van der Waals surface area contributed by atoms with Gasteiger partial charge in [-0.15, -0.1) is 0 Å². The summed E-state index contributed by atoms with van der Waals surface area (Å²) in [7, 11) is -3.18. The Labute approximate surface area is 238 Å². The summed E-state index contributed by atoms with van der Waals surface area (Å²) < 4.78 is 74.7. The highest BCUT2D eigenvalue weighted by Gasteiger charge is 2.34. The van der Waals surface area contributed by atoms with Crippen LogP contribution in [0, 0.1) is 24.1 Å². The summed E-state index contributed by atoms with van der Waals surface area (Å²) >= 11 is 0. The third-order valence-corrected chi connectivity index (χ3v) is 8.36. The molecule has 0 bridgehead atoms. The van der Waals surface area contributed by atoms with Crippen molar-refractivity contribution in [2.45, 2.75) is 59.7 Å². The predicted molar refractivity (Wildman–Crippen MR) is 149 cm³/mol. The van der Waals surface area contributed by atoms with Crippen LogP contribution in [0.25, 0.3) is 5.69 Å². The molecule has 0 fully saturated rings. The lowest BCUT2D eigenvalue weighted by atomic mass is 10.1. The van der Waals surface area contributed by atoms with Gasteiger partial charge in [0.1, 0.15) is 11.6 Å². The van der Waals surface area contributed by atoms with Gasteiger partial charge in [-0.05, 0) is 68.7 Å². The number of nitriles is 1. The molecule has 1 unspecified atom stereocenters. The van der Waals surface area contributed by atoms with Crippen LogP contribution in [0.5, 0.6) is 0 Å². The highest BCUT2D eigenvalue weighted by atomic mass is 32.2. The molecule has 0 N–H and O–H groups in total. The molecule has 0 aliphatic rings. The van der Waals surface area contributed by atoms with E-state index in [1.165, 1.54) is 11.0 Å². The molecular formula is C29H34F4N4O3S. The van der Waals surface area contributed by atoms with Gasteiger partial charge in [-0.2, -0.15) is 18.4 Å². The molecule has 1 heterocycles. The van der Waals surface area contributed by atoms with Crippen LogP contribution < -0.4 is 0 Å². The zero-order valence-corrected chi connectivity index (χ0v) is 24.5. The van der Waals surface area contributed by atoms with Crippen LogP contribution in [0.1, 0.15) is 67.6 Å². The molecule has 7 nitrogen and oxygen atoms in total. The molecule has 222 valence electrons. The molecule has 0 aliphatic carbocycles. The van der Waals surface area contributed by atoms with E-state index < -0.39 is 33.4 Å². The number of hydrogen-bond acceptors (Lipinski definition) is 5. The number of imidazole rings is 1. The Morgan fingerprint density at radius 2 is 1.73 bits per heavy atom. The number of alkyl halides is 3. The highest BCUT2D eigenvalue weighted by molar-refractivity contribution is 7.91. The molecule has 0 saturated heterocycles. The van der Waals surface area contributed by atoms with Crippen molar-refractivity contribution in [2.75, 3.05) is 18.1 Å². The number of carbonyl (C=O) groups is 1. The van der Waals surface area contributed by atoms with Crippen LogP contribution in [0.4, 0.5) is 17.6 Å². The van der Waals surface area contributed by atoms with Crippen LogP contribution in [-0.2, 0) is 33.6 Å². The number of sulfone groups is 1. The fraction of sp³-hybridized carbons (Fsp3) is 0.414. The van der Waals surface area contributed by atoms with Gasteiger partial charge in [0.2, 0.25) is 6.41 Å². The molecule has 1 aromatic heterocycles. The van der Waals surface area contributed by atoms with Crippen molar-refractivity contribution in [1.82, 2.24) is 14.5 Å². The van der Waals surface area contributed by atoms with Crippen molar-refractivity contribution < 1.29 is 30.8 Å². The van der Waals surface area contributed by atoms with E-state index in [9.17, 15) is 30.8 Å². The van der Waals surface area contributed by atoms with Crippen LogP contribution in [0.2, 0.25) is 0 Å². The summed E-state index contributed by atoms with van der Waals surface area (Å²) in [4.78, 5) is 17.9. The minimum atomic E-state index is -4.60. The standard InChI is InChI=1S/C20H26N4O3S.C9H8F4/c1-5-19-15(3)24(18-9-7-17(13-21)8-10-18)20(22-19)16(4)23(14-25)11-12-28(26,27)6-2;1-2-6-3-4-8(10)7(5-6)9(11,12)13/h7-10,14,16H,5-6,11-12H2,1-4H3;3-5H,2H2,1H3. The van der Waals surface area contributed by atoms with Crippen LogP contribution in [-0.4, -0.2) is 47.3 Å². The van der Waals surface area contributed by atoms with E-state index in [-0.39, 0.29) is 18.1 Å². The van der Waals surface area contributed by atoms with Crippen LogP contribution in [0.15, 0.2) is 42.5 Å². The first-order valence-electron chi connectivity index (χ1n) is 13.1. The summed E-state index contributed by atoms with van der Waals surface area (Å²) in [6.45, 7) is 9.24. The van der Waals surface area contributed by atoms with E-state index >= 15 is 0 Å². The van der Waals surface area contributed by atoms with Crippen LogP contribution >= 0.6 is 0 Å². The van der Waals surface area contributed by atoms with E-state index in [1.54, 1.807) is 26.0 Å². The first-order chi connectivity index (χ1) is 19.2. The number of halogens is 4. The van der Waals surface area contributed by atoms with Gasteiger partial charge in [0.15, 0.2) is 9.84 Å². The number of benzene rings is 2. The Morgan fingerprint density at radius 3 is 2.22 bits per heavy atom. The zero-order chi connectivity index (χ0) is 31.0. The molecule has 3 aromatic rings. The Bertz CT molecular complexity index is 1480. The minimum absolute atomic E-state index is 0.0486. The van der Waals surface area contributed by atoms with E-state index in [1.807, 2.05) is 37.5 Å². The molecule has 0 saturated carbocycles. The Hall–Kier alpha value is -3.72. The molecule has 2 aromatic carbocycles. The summed E-state index contributed by atoms with van der Waals surface area (Å²) in [6, 6.07) is 11.9. The van der Waals surface area contributed by atoms with Gasteiger partial charge >= 0.3 is 6.18 Å². The largest absolute Gasteiger partial charge is 0.419 e. The van der Waals surface area contributed by atoms with Crippen LogP contribution in [0.3, 0.4) is 0 Å². The third kappa shape index (κ3) is 8.63. The number of aromatic nitrogens is 2. The van der Waals surface area contributed by atoms with Crippen molar-refractivity contribution in [1.29, 1.82) is 5.26 Å². The monoisotopic (exact) mass is 594 g/mol. The first kappa shape index (κ1) is 33.5. The Morgan fingerprint density at radius 1 is 1.10 bits per heavy atom. The average molecular weight is 595 g/mol. The van der Waals surface area contributed by atoms with Gasteiger partial charge in [-0.25, -0.2) is 17.8 Å². The van der Waals surface area contributed by atoms with Gasteiger partial charge in [0, 0.05) is 23.7 Å². The van der Waals surface area contributed by atoms with E-state index in [4.69, 9.17) is 10.2 Å². The first-order valence-corrected chi connectivity index (χ1v) is 14.9. The lowest BCUT2D eigenvalue weighted by Crippen LogP contribution is -2.32. The summed E-state index contributed by atoms with van der Waals surface area (Å²) in [6.07, 6.45) is -2.73. The molecule has 0 radical (unpaired) electrons. The van der Waals surface area contributed by atoms with Gasteiger partial charge < -0.3 is 4.90 Å². The lowest BCUT2D eigenvalue weighted by Gasteiger charge is -2.25. The zero-order valence-electron chi connectivity index (χ0n) is 23.7. The molecule has 0 spiro atoms. The van der Waals surface area contributed by atoms with Gasteiger partial charge in [-0.3, -0.25) is 9.36 Å². The number of amides is 1. The van der Waals surface area contributed by atoms with Crippen molar-refractivity contribution in [3.05, 3.63) is 82.2 Å². The second-order valence-electron chi connectivity index (χ2n) is 9.27. The minimum Gasteiger partial charge on any atom is -0.334 e. The maximum atomic E-state index is 12.7. The van der Waals surface area contributed by atoms with Gasteiger partial charge in [-0.1, -0.05) is 26.8 Å². The molecule has 1 amide bonds. The molecule has 0 aliphatic heterocycles. The highest BCUT2D eigenvalue weighted by Crippen LogP contribution is 2.32.